The number of methoxy groups -OCH3 is 2. The predicted octanol–water partition coefficient (Wildman–Crippen LogP) is 3.86. The van der Waals surface area contributed by atoms with Gasteiger partial charge in [-0.15, -0.1) is 0 Å². The van der Waals surface area contributed by atoms with Crippen molar-refractivity contribution in [3.63, 3.8) is 0 Å². The summed E-state index contributed by atoms with van der Waals surface area (Å²) < 4.78 is 23.8. The molecule has 1 fully saturated rings. The van der Waals surface area contributed by atoms with Crippen molar-refractivity contribution >= 4 is 17.3 Å². The van der Waals surface area contributed by atoms with Gasteiger partial charge in [-0.3, -0.25) is 4.90 Å². The van der Waals surface area contributed by atoms with Gasteiger partial charge in [-0.2, -0.15) is 0 Å². The van der Waals surface area contributed by atoms with Crippen LogP contribution in [-0.4, -0.2) is 51.8 Å². The molecule has 0 saturated carbocycles. The molecule has 6 heteroatoms. The number of halogens is 2. The molecule has 1 aliphatic heterocycles. The Kier molecular flexibility index (Phi) is 6.22. The number of ether oxygens (including phenoxy) is 2. The van der Waals surface area contributed by atoms with Crippen LogP contribution in [-0.2, 0) is 6.42 Å². The lowest BCUT2D eigenvalue weighted by Gasteiger charge is -2.36. The van der Waals surface area contributed by atoms with Gasteiger partial charge in [0.15, 0.2) is 11.6 Å². The highest BCUT2D eigenvalue weighted by molar-refractivity contribution is 6.32. The van der Waals surface area contributed by atoms with Crippen molar-refractivity contribution < 1.29 is 13.9 Å². The first-order valence-corrected chi connectivity index (χ1v) is 9.12. The van der Waals surface area contributed by atoms with Gasteiger partial charge in [-0.25, -0.2) is 4.39 Å². The molecule has 0 N–H and O–H groups in total. The summed E-state index contributed by atoms with van der Waals surface area (Å²) in [6.45, 7) is 4.84. The van der Waals surface area contributed by atoms with E-state index in [4.69, 9.17) is 21.1 Å². The zero-order valence-electron chi connectivity index (χ0n) is 15.2. The topological polar surface area (TPSA) is 24.9 Å². The van der Waals surface area contributed by atoms with Gasteiger partial charge in [0, 0.05) is 44.5 Å². The third kappa shape index (κ3) is 4.40. The van der Waals surface area contributed by atoms with Crippen molar-refractivity contribution in [1.82, 2.24) is 4.90 Å². The van der Waals surface area contributed by atoms with Crippen LogP contribution in [0.5, 0.6) is 11.5 Å². The van der Waals surface area contributed by atoms with Crippen LogP contribution in [0.25, 0.3) is 0 Å². The summed E-state index contributed by atoms with van der Waals surface area (Å²) >= 11 is 6.11. The first kappa shape index (κ1) is 18.8. The molecule has 26 heavy (non-hydrogen) atoms. The largest absolute Gasteiger partial charge is 0.495 e. The molecule has 0 radical (unpaired) electrons. The Morgan fingerprint density at radius 1 is 0.962 bits per heavy atom. The summed E-state index contributed by atoms with van der Waals surface area (Å²) in [6.07, 6.45) is 0.880. The van der Waals surface area contributed by atoms with E-state index in [1.807, 2.05) is 24.3 Å². The van der Waals surface area contributed by atoms with E-state index in [9.17, 15) is 4.39 Å². The van der Waals surface area contributed by atoms with Crippen molar-refractivity contribution in [3.05, 3.63) is 52.8 Å². The quantitative estimate of drug-likeness (QED) is 0.762. The lowest BCUT2D eigenvalue weighted by molar-refractivity contribution is 0.261. The number of hydrogen-bond acceptors (Lipinski definition) is 4. The molecule has 0 aromatic heterocycles. The van der Waals surface area contributed by atoms with Crippen molar-refractivity contribution in [2.24, 2.45) is 0 Å². The van der Waals surface area contributed by atoms with Crippen LogP contribution in [0.2, 0.25) is 5.02 Å². The molecule has 0 bridgehead atoms. The number of hydrogen-bond donors (Lipinski definition) is 0. The molecular formula is C20H24ClFN2O2. The summed E-state index contributed by atoms with van der Waals surface area (Å²) in [5.41, 5.74) is 2.22. The van der Waals surface area contributed by atoms with E-state index >= 15 is 0 Å². The third-order valence-corrected chi connectivity index (χ3v) is 5.12. The second-order valence-electron chi connectivity index (χ2n) is 6.37. The summed E-state index contributed by atoms with van der Waals surface area (Å²) in [4.78, 5) is 4.77. The van der Waals surface area contributed by atoms with E-state index in [0.717, 1.165) is 50.4 Å². The summed E-state index contributed by atoms with van der Waals surface area (Å²) in [5.74, 6) is 0.698. The van der Waals surface area contributed by atoms with Crippen LogP contribution in [0.3, 0.4) is 0 Å². The zero-order chi connectivity index (χ0) is 18.5. The molecule has 4 nitrogen and oxygen atoms in total. The second-order valence-corrected chi connectivity index (χ2v) is 6.77. The first-order chi connectivity index (χ1) is 12.6. The normalized spacial score (nSPS) is 15.2. The van der Waals surface area contributed by atoms with Crippen molar-refractivity contribution in [2.45, 2.75) is 6.42 Å². The van der Waals surface area contributed by atoms with Crippen LogP contribution in [0.15, 0.2) is 36.4 Å². The van der Waals surface area contributed by atoms with Gasteiger partial charge in [0.1, 0.15) is 5.75 Å². The minimum atomic E-state index is -0.316. The van der Waals surface area contributed by atoms with Gasteiger partial charge in [-0.05, 0) is 36.2 Å². The SMILES string of the molecule is COc1cc(CCN2CCN(c3ccc(Cl)c(OC)c3)CC2)ccc1F. The van der Waals surface area contributed by atoms with Crippen LogP contribution in [0.1, 0.15) is 5.56 Å². The van der Waals surface area contributed by atoms with Crippen molar-refractivity contribution in [3.8, 4) is 11.5 Å². The van der Waals surface area contributed by atoms with E-state index in [1.165, 1.54) is 13.2 Å². The van der Waals surface area contributed by atoms with E-state index in [1.54, 1.807) is 13.2 Å². The van der Waals surface area contributed by atoms with Crippen LogP contribution < -0.4 is 14.4 Å². The van der Waals surface area contributed by atoms with Crippen LogP contribution in [0.4, 0.5) is 10.1 Å². The summed E-state index contributed by atoms with van der Waals surface area (Å²) in [7, 11) is 3.13. The van der Waals surface area contributed by atoms with Gasteiger partial charge < -0.3 is 14.4 Å². The van der Waals surface area contributed by atoms with E-state index in [2.05, 4.69) is 9.80 Å². The Bertz CT molecular complexity index is 749. The van der Waals surface area contributed by atoms with E-state index in [-0.39, 0.29) is 5.82 Å². The molecular weight excluding hydrogens is 355 g/mol. The minimum absolute atomic E-state index is 0.309. The maximum absolute atomic E-state index is 13.5. The van der Waals surface area contributed by atoms with Gasteiger partial charge in [-0.1, -0.05) is 17.7 Å². The third-order valence-electron chi connectivity index (χ3n) is 4.80. The highest BCUT2D eigenvalue weighted by Crippen LogP contribution is 2.29. The van der Waals surface area contributed by atoms with Gasteiger partial charge in [0.05, 0.1) is 19.2 Å². The first-order valence-electron chi connectivity index (χ1n) is 8.74. The van der Waals surface area contributed by atoms with Crippen LogP contribution in [0, 0.1) is 5.82 Å². The van der Waals surface area contributed by atoms with Gasteiger partial charge in [0.25, 0.3) is 0 Å². The van der Waals surface area contributed by atoms with Crippen molar-refractivity contribution in [1.29, 1.82) is 0 Å². The molecule has 2 aromatic carbocycles. The Balaban J connectivity index is 1.52. The zero-order valence-corrected chi connectivity index (χ0v) is 15.9. The average molecular weight is 379 g/mol. The molecule has 0 amide bonds. The highest BCUT2D eigenvalue weighted by Gasteiger charge is 2.18. The fraction of sp³-hybridized carbons (Fsp3) is 0.400. The Hall–Kier alpha value is -1.98. The minimum Gasteiger partial charge on any atom is -0.495 e. The molecule has 1 saturated heterocycles. The molecule has 140 valence electrons. The summed E-state index contributed by atoms with van der Waals surface area (Å²) in [6, 6.07) is 11.0. The lowest BCUT2D eigenvalue weighted by Crippen LogP contribution is -2.47. The monoisotopic (exact) mass is 378 g/mol. The lowest BCUT2D eigenvalue weighted by atomic mass is 10.1. The number of rotatable bonds is 6. The average Bonchev–Trinajstić information content (AvgIpc) is 2.68. The molecule has 0 aliphatic carbocycles. The molecule has 0 atom stereocenters. The Morgan fingerprint density at radius 3 is 2.38 bits per heavy atom. The maximum Gasteiger partial charge on any atom is 0.165 e. The molecule has 1 heterocycles. The Morgan fingerprint density at radius 2 is 1.69 bits per heavy atom. The number of piperazine rings is 1. The summed E-state index contributed by atoms with van der Waals surface area (Å²) in [5, 5.41) is 0.629. The fourth-order valence-corrected chi connectivity index (χ4v) is 3.42. The maximum atomic E-state index is 13.5. The standard InChI is InChI=1S/C20H24ClFN2O2/c1-25-19-14-16(4-5-17(19)21)24-11-9-23(10-12-24)8-7-15-3-6-18(22)20(13-15)26-2/h3-6,13-14H,7-12H2,1-2H3. The van der Waals surface area contributed by atoms with E-state index in [0.29, 0.717) is 16.5 Å². The van der Waals surface area contributed by atoms with Gasteiger partial charge in [0.2, 0.25) is 0 Å². The Labute approximate surface area is 159 Å². The smallest absolute Gasteiger partial charge is 0.165 e. The number of benzene rings is 2. The van der Waals surface area contributed by atoms with Crippen molar-refractivity contribution in [2.75, 3.05) is 51.8 Å². The van der Waals surface area contributed by atoms with Crippen LogP contribution >= 0.6 is 11.6 Å². The number of nitrogens with zero attached hydrogens (tertiary/aromatic N) is 2. The van der Waals surface area contributed by atoms with Gasteiger partial charge >= 0.3 is 0 Å². The van der Waals surface area contributed by atoms with E-state index < -0.39 is 0 Å². The molecule has 2 aromatic rings. The molecule has 1 aliphatic rings. The highest BCUT2D eigenvalue weighted by atomic mass is 35.5. The fourth-order valence-electron chi connectivity index (χ4n) is 3.22. The molecule has 3 rings (SSSR count). The predicted molar refractivity (Wildman–Crippen MR) is 103 cm³/mol. The molecule has 0 unspecified atom stereocenters. The second kappa shape index (κ2) is 8.60. The number of anilines is 1. The molecule has 0 spiro atoms.